The van der Waals surface area contributed by atoms with E-state index < -0.39 is 166 Å². The number of halogens is 2. The average molecular weight is 1560 g/mol. The summed E-state index contributed by atoms with van der Waals surface area (Å²) in [6.07, 6.45) is -14.0. The molecule has 0 aliphatic carbocycles. The topological polar surface area (TPSA) is 292 Å². The summed E-state index contributed by atoms with van der Waals surface area (Å²) in [4.78, 5) is 107. The predicted molar refractivity (Wildman–Crippen MR) is 383 cm³/mol. The molecule has 0 unspecified atom stereocenters. The second kappa shape index (κ2) is 32.9. The molecule has 2 aliphatic rings. The van der Waals surface area contributed by atoms with E-state index in [9.17, 15) is 38.4 Å². The van der Waals surface area contributed by atoms with E-state index in [0.717, 1.165) is 5.56 Å². The molecule has 0 saturated carbocycles. The number of benzene rings is 3. The Bertz CT molecular complexity index is 3770. The summed E-state index contributed by atoms with van der Waals surface area (Å²) in [6.45, 7) is 40.4. The normalized spacial score (nSPS) is 21.5. The van der Waals surface area contributed by atoms with Crippen LogP contribution < -0.4 is 9.47 Å². The van der Waals surface area contributed by atoms with Gasteiger partial charge in [-0.05, 0) is 212 Å². The number of hydrogen-bond acceptors (Lipinski definition) is 23. The van der Waals surface area contributed by atoms with Crippen LogP contribution in [0.25, 0.3) is 21.8 Å². The molecule has 10 atom stereocenters. The molecule has 0 radical (unpaired) electrons. The predicted octanol–water partition coefficient (Wildman–Crippen LogP) is 13.3. The second-order valence-electron chi connectivity index (χ2n) is 33.6. The molecular formula is C75H104Br2N4O21. The molecule has 25 nitrogen and oxygen atoms in total. The van der Waals surface area contributed by atoms with Crippen molar-refractivity contribution in [2.75, 3.05) is 19.8 Å². The van der Waals surface area contributed by atoms with E-state index in [4.69, 9.17) is 66.7 Å². The van der Waals surface area contributed by atoms with Crippen LogP contribution in [0.5, 0.6) is 11.8 Å². The molecule has 27 heteroatoms. The number of fused-ring (bicyclic) bond motifs is 2. The number of rotatable bonds is 19. The molecule has 2 aromatic heterocycles. The summed E-state index contributed by atoms with van der Waals surface area (Å²) in [5.74, 6) is -4.81. The minimum absolute atomic E-state index is 0.105. The van der Waals surface area contributed by atoms with Gasteiger partial charge in [-0.3, -0.25) is 43.0 Å². The van der Waals surface area contributed by atoms with Gasteiger partial charge in [0.05, 0.1) is 101 Å². The molecule has 0 N–H and O–H groups in total. The monoisotopic (exact) mass is 1550 g/mol. The van der Waals surface area contributed by atoms with Gasteiger partial charge in [0.1, 0.15) is 25.4 Å². The van der Waals surface area contributed by atoms with Crippen molar-refractivity contribution in [2.45, 2.75) is 241 Å². The first-order valence-corrected chi connectivity index (χ1v) is 35.4. The number of nitrogens with zero attached hydrogens (tertiary/aromatic N) is 4. The Kier molecular flexibility index (Phi) is 27.0. The van der Waals surface area contributed by atoms with E-state index >= 15 is 0 Å². The Morgan fingerprint density at radius 1 is 0.412 bits per heavy atom. The highest BCUT2D eigenvalue weighted by molar-refractivity contribution is 9.10. The van der Waals surface area contributed by atoms with Crippen LogP contribution in [-0.2, 0) is 104 Å². The fourth-order valence-corrected chi connectivity index (χ4v) is 10.2. The van der Waals surface area contributed by atoms with Crippen LogP contribution in [0.4, 0.5) is 0 Å². The van der Waals surface area contributed by atoms with Gasteiger partial charge in [-0.2, -0.15) is 3.71 Å². The highest BCUT2D eigenvalue weighted by Crippen LogP contribution is 2.41. The summed E-state index contributed by atoms with van der Waals surface area (Å²) in [7, 11) is 0. The van der Waals surface area contributed by atoms with Gasteiger partial charge in [-0.1, -0.05) is 48.5 Å². The molecule has 2 aliphatic heterocycles. The molecular weight excluding hydrogens is 1450 g/mol. The lowest BCUT2D eigenvalue weighted by Gasteiger charge is -2.45. The van der Waals surface area contributed by atoms with Crippen molar-refractivity contribution >= 4 is 102 Å². The van der Waals surface area contributed by atoms with Crippen LogP contribution in [0.1, 0.15) is 172 Å². The maximum atomic E-state index is 13.7. The summed E-state index contributed by atoms with van der Waals surface area (Å²) < 4.78 is 83.2. The zero-order valence-electron chi connectivity index (χ0n) is 63.4. The van der Waals surface area contributed by atoms with Gasteiger partial charge >= 0.3 is 47.8 Å². The first-order chi connectivity index (χ1) is 46.8. The number of carbonyl (C=O) groups excluding carboxylic acids is 8. The van der Waals surface area contributed by atoms with Crippen LogP contribution in [-0.4, -0.2) is 148 Å². The molecule has 564 valence electrons. The Labute approximate surface area is 615 Å². The van der Waals surface area contributed by atoms with Gasteiger partial charge in [-0.25, -0.2) is 0 Å². The lowest BCUT2D eigenvalue weighted by molar-refractivity contribution is -0.294. The van der Waals surface area contributed by atoms with E-state index in [1.54, 1.807) is 183 Å². The van der Waals surface area contributed by atoms with E-state index in [0.29, 0.717) is 46.0 Å². The summed E-state index contributed by atoms with van der Waals surface area (Å²) >= 11 is 7.01. The maximum absolute atomic E-state index is 13.7. The maximum Gasteiger partial charge on any atom is 0.311 e. The molecule has 0 bridgehead atoms. The number of aromatic nitrogens is 4. The lowest BCUT2D eigenvalue weighted by Crippen LogP contribution is -2.65. The van der Waals surface area contributed by atoms with Gasteiger partial charge in [0.25, 0.3) is 0 Å². The molecule has 7 rings (SSSR count). The van der Waals surface area contributed by atoms with Crippen molar-refractivity contribution in [3.8, 4) is 11.8 Å². The van der Waals surface area contributed by atoms with Crippen molar-refractivity contribution < 1.29 is 99.9 Å². The van der Waals surface area contributed by atoms with Crippen molar-refractivity contribution in [3.05, 3.63) is 82.8 Å². The minimum Gasteiger partial charge on any atom is -0.462 e. The summed E-state index contributed by atoms with van der Waals surface area (Å²) in [5, 5.41) is 10.4. The zero-order valence-corrected chi connectivity index (χ0v) is 66.5. The fraction of sp³-hybridized carbons (Fsp3) is 0.627. The minimum atomic E-state index is -1.50. The standard InChI is InChI=1S/C42H57BrN2O11.C33H47BrN2O10/c1-39(2,3)35(46)51-24-28-30(53-36(47)40(4,5)6)31(54-37(48)41(7,8)9)32(55-38(49)42(10,11)12)34(52-28)56-33-29-26(43)19-16-20-27(29)45(44-33)21-22-50-23-25-17-14-13-15-18-25;1-30(2,3)26(37)41-17-20-21(43-27(38)31(4,5)6)22(44-28(39)32(7,8)9)23(45-29(40)33(10,11)12)25(42-20)46-24-18-15-13-14-16-19(18)36(34)35-24/h13-20,28,30-32,34H,21-24H2,1-12H3;13-16,20-23,25H,17H2,1-12H3/t28-,30-,31+,32-,34+;20-,21-,22+,23-,25+/m11/s1. The molecule has 2 fully saturated rings. The number of hydrogen-bond donors (Lipinski definition) is 0. The second-order valence-corrected chi connectivity index (χ2v) is 35.1. The van der Waals surface area contributed by atoms with E-state index in [1.807, 2.05) is 60.7 Å². The molecule has 102 heavy (non-hydrogen) atoms. The van der Waals surface area contributed by atoms with Gasteiger partial charge in [-0.15, -0.1) is 10.2 Å². The van der Waals surface area contributed by atoms with Crippen LogP contribution in [0, 0.1) is 43.3 Å². The third-order valence-corrected chi connectivity index (χ3v) is 16.7. The number of carbonyl (C=O) groups is 8. The number of para-hydroxylation sites is 1. The van der Waals surface area contributed by atoms with Crippen LogP contribution in [0.2, 0.25) is 0 Å². The Hall–Kier alpha value is -7.20. The summed E-state index contributed by atoms with van der Waals surface area (Å²) in [5.41, 5.74) is -5.31. The molecule has 0 spiro atoms. The Morgan fingerprint density at radius 2 is 0.765 bits per heavy atom. The quantitative estimate of drug-likeness (QED) is 0.0421. The fourth-order valence-electron chi connectivity index (χ4n) is 9.20. The smallest absolute Gasteiger partial charge is 0.311 e. The van der Waals surface area contributed by atoms with E-state index in [1.165, 1.54) is 3.71 Å². The third kappa shape index (κ3) is 22.4. The summed E-state index contributed by atoms with van der Waals surface area (Å²) in [6, 6.07) is 22.6. The molecule has 4 heterocycles. The highest BCUT2D eigenvalue weighted by Gasteiger charge is 2.58. The number of esters is 8. The first kappa shape index (κ1) is 83.7. The van der Waals surface area contributed by atoms with Gasteiger partial charge in [0.15, 0.2) is 24.4 Å². The molecule has 0 amide bonds. The van der Waals surface area contributed by atoms with Crippen LogP contribution in [0.3, 0.4) is 0 Å². The van der Waals surface area contributed by atoms with E-state index in [2.05, 4.69) is 37.2 Å². The Morgan fingerprint density at radius 3 is 1.17 bits per heavy atom. The van der Waals surface area contributed by atoms with Crippen molar-refractivity contribution in [1.82, 2.24) is 18.6 Å². The average Bonchev–Trinajstić information content (AvgIpc) is 1.25. The first-order valence-electron chi connectivity index (χ1n) is 33.9. The Balaban J connectivity index is 0.000000327. The lowest BCUT2D eigenvalue weighted by atomic mass is 9.93. The third-order valence-electron chi connectivity index (χ3n) is 15.5. The van der Waals surface area contributed by atoms with Crippen LogP contribution in [0.15, 0.2) is 77.3 Å². The van der Waals surface area contributed by atoms with Crippen molar-refractivity contribution in [1.29, 1.82) is 0 Å². The van der Waals surface area contributed by atoms with Crippen molar-refractivity contribution in [2.24, 2.45) is 43.3 Å². The molecule has 5 aromatic rings. The van der Waals surface area contributed by atoms with Crippen molar-refractivity contribution in [3.63, 3.8) is 0 Å². The van der Waals surface area contributed by atoms with Gasteiger partial charge in [0, 0.05) is 4.47 Å². The molecule has 2 saturated heterocycles. The SMILES string of the molecule is CC(C)(C)C(=O)OC[C@H]1O[C@@H](Oc2nn(Br)c3ccccc23)[C@H](OC(=O)C(C)(C)C)[C@@H](OC(=O)C(C)(C)C)[C@@H]1OC(=O)C(C)(C)C.CC(C)(C)C(=O)OC[C@H]1O[C@@H](Oc2nn(CCOCc3ccccc3)c3cccc(Br)c23)[C@H](OC(=O)C(C)(C)C)[C@@H](OC(=O)C(C)(C)C)[C@@H]1OC(=O)C(C)(C)C. The van der Waals surface area contributed by atoms with Gasteiger partial charge in [0.2, 0.25) is 36.5 Å². The van der Waals surface area contributed by atoms with E-state index in [-0.39, 0.29) is 11.8 Å². The molecule has 3 aromatic carbocycles. The number of ether oxygens (including phenoxy) is 13. The highest BCUT2D eigenvalue weighted by atomic mass is 79.9. The van der Waals surface area contributed by atoms with Crippen LogP contribution >= 0.6 is 32.1 Å². The van der Waals surface area contributed by atoms with Gasteiger partial charge < -0.3 is 61.6 Å². The largest absolute Gasteiger partial charge is 0.462 e. The zero-order chi connectivity index (χ0) is 76.8.